The molecule has 1 spiro atoms. The maximum Gasteiger partial charge on any atom is 0.411 e. The fraction of sp³-hybridized carbons (Fsp3) is 0.692. The summed E-state index contributed by atoms with van der Waals surface area (Å²) >= 11 is 0. The first kappa shape index (κ1) is 12.5. The number of carbonyl (C=O) groups is 1. The molecule has 0 saturated heterocycles. The Kier molecular flexibility index (Phi) is 2.44. The molecule has 0 radical (unpaired) electrons. The summed E-state index contributed by atoms with van der Waals surface area (Å²) in [6.45, 7) is 6.18. The number of nitrogens with one attached hydrogen (secondary N) is 1. The molecular formula is C13H20N4O2. The normalized spacial score (nSPS) is 29.3. The van der Waals surface area contributed by atoms with Gasteiger partial charge in [0.2, 0.25) is 0 Å². The van der Waals surface area contributed by atoms with Crippen molar-refractivity contribution >= 4 is 6.09 Å². The molecule has 1 aliphatic carbocycles. The van der Waals surface area contributed by atoms with Crippen molar-refractivity contribution in [3.8, 4) is 0 Å². The zero-order valence-electron chi connectivity index (χ0n) is 11.6. The lowest BCUT2D eigenvalue weighted by atomic mass is 9.71. The molecule has 3 rings (SSSR count). The summed E-state index contributed by atoms with van der Waals surface area (Å²) in [4.78, 5) is 14.2. The van der Waals surface area contributed by atoms with Gasteiger partial charge in [-0.15, -0.1) is 0 Å². The minimum atomic E-state index is -0.487. The van der Waals surface area contributed by atoms with Crippen LogP contribution in [0.2, 0.25) is 0 Å². The van der Waals surface area contributed by atoms with Crippen molar-refractivity contribution in [1.29, 1.82) is 0 Å². The highest BCUT2D eigenvalue weighted by atomic mass is 16.6. The molecule has 1 aromatic rings. The lowest BCUT2D eigenvalue weighted by Crippen LogP contribution is -2.59. The maximum absolute atomic E-state index is 12.4. The van der Waals surface area contributed by atoms with E-state index in [4.69, 9.17) is 10.5 Å². The summed E-state index contributed by atoms with van der Waals surface area (Å²) in [5.41, 5.74) is 7.22. The smallest absolute Gasteiger partial charge is 0.411 e. The second-order valence-corrected chi connectivity index (χ2v) is 6.54. The standard InChI is InChI=1S/C13H20N4O2/c1-12(2,3)19-11(18)17-7-8-6-15-16-10(8)13(17)4-9(14)5-13/h6,9H,4-5,7,14H2,1-3H3,(H,15,16). The zero-order chi connectivity index (χ0) is 13.8. The molecule has 1 fully saturated rings. The highest BCUT2D eigenvalue weighted by molar-refractivity contribution is 5.71. The van der Waals surface area contributed by atoms with Crippen LogP contribution >= 0.6 is 0 Å². The second kappa shape index (κ2) is 3.72. The van der Waals surface area contributed by atoms with E-state index in [0.717, 1.165) is 24.1 Å². The number of nitrogens with zero attached hydrogens (tertiary/aromatic N) is 2. The summed E-state index contributed by atoms with van der Waals surface area (Å²) in [5, 5.41) is 7.09. The summed E-state index contributed by atoms with van der Waals surface area (Å²) in [5.74, 6) is 0. The summed E-state index contributed by atoms with van der Waals surface area (Å²) in [6.07, 6.45) is 3.04. The van der Waals surface area contributed by atoms with E-state index in [1.807, 2.05) is 20.8 Å². The number of aromatic amines is 1. The lowest BCUT2D eigenvalue weighted by molar-refractivity contribution is -0.0309. The first-order chi connectivity index (χ1) is 8.82. The fourth-order valence-corrected chi connectivity index (χ4v) is 3.08. The van der Waals surface area contributed by atoms with Crippen molar-refractivity contribution < 1.29 is 9.53 Å². The summed E-state index contributed by atoms with van der Waals surface area (Å²) in [6, 6.07) is 0.138. The van der Waals surface area contributed by atoms with Gasteiger partial charge >= 0.3 is 6.09 Å². The number of nitrogens with two attached hydrogens (primary N) is 1. The maximum atomic E-state index is 12.4. The molecular weight excluding hydrogens is 244 g/mol. The molecule has 1 aliphatic heterocycles. The number of aromatic nitrogens is 2. The van der Waals surface area contributed by atoms with Crippen LogP contribution in [0.25, 0.3) is 0 Å². The van der Waals surface area contributed by atoms with Crippen LogP contribution in [-0.4, -0.2) is 32.8 Å². The largest absolute Gasteiger partial charge is 0.444 e. The van der Waals surface area contributed by atoms with Crippen molar-refractivity contribution in [3.05, 3.63) is 17.5 Å². The number of carbonyl (C=O) groups excluding carboxylic acids is 1. The Bertz CT molecular complexity index is 511. The van der Waals surface area contributed by atoms with Gasteiger partial charge in [0, 0.05) is 11.6 Å². The van der Waals surface area contributed by atoms with Gasteiger partial charge in [-0.25, -0.2) is 4.79 Å². The molecule has 0 unspecified atom stereocenters. The molecule has 0 bridgehead atoms. The Labute approximate surface area is 112 Å². The van der Waals surface area contributed by atoms with Crippen LogP contribution in [-0.2, 0) is 16.8 Å². The van der Waals surface area contributed by atoms with Gasteiger partial charge in [-0.1, -0.05) is 0 Å². The van der Waals surface area contributed by atoms with Crippen molar-refractivity contribution in [2.24, 2.45) is 5.73 Å². The topological polar surface area (TPSA) is 84.2 Å². The minimum absolute atomic E-state index is 0.138. The third kappa shape index (κ3) is 1.82. The third-order valence-electron chi connectivity index (χ3n) is 3.84. The van der Waals surface area contributed by atoms with Gasteiger partial charge in [0.05, 0.1) is 24.0 Å². The van der Waals surface area contributed by atoms with Crippen molar-refractivity contribution in [2.75, 3.05) is 0 Å². The van der Waals surface area contributed by atoms with Crippen LogP contribution in [0, 0.1) is 0 Å². The first-order valence-corrected chi connectivity index (χ1v) is 6.61. The quantitative estimate of drug-likeness (QED) is 0.743. The highest BCUT2D eigenvalue weighted by Crippen LogP contribution is 2.51. The molecule has 2 heterocycles. The van der Waals surface area contributed by atoms with Crippen LogP contribution < -0.4 is 5.73 Å². The van der Waals surface area contributed by atoms with E-state index in [1.165, 1.54) is 0 Å². The average molecular weight is 264 g/mol. The Morgan fingerprint density at radius 3 is 2.84 bits per heavy atom. The number of amides is 1. The molecule has 2 aliphatic rings. The van der Waals surface area contributed by atoms with E-state index in [0.29, 0.717) is 6.54 Å². The van der Waals surface area contributed by atoms with Gasteiger partial charge in [-0.05, 0) is 33.6 Å². The Hall–Kier alpha value is -1.56. The monoisotopic (exact) mass is 264 g/mol. The van der Waals surface area contributed by atoms with Crippen molar-refractivity contribution in [2.45, 2.75) is 57.3 Å². The van der Waals surface area contributed by atoms with E-state index < -0.39 is 5.60 Å². The van der Waals surface area contributed by atoms with Gasteiger partial charge in [0.1, 0.15) is 5.60 Å². The number of ether oxygens (including phenoxy) is 1. The molecule has 3 N–H and O–H groups in total. The predicted molar refractivity (Wildman–Crippen MR) is 69.3 cm³/mol. The number of hydrogen-bond donors (Lipinski definition) is 2. The van der Waals surface area contributed by atoms with Crippen LogP contribution in [0.1, 0.15) is 44.9 Å². The molecule has 1 saturated carbocycles. The molecule has 6 heteroatoms. The second-order valence-electron chi connectivity index (χ2n) is 6.54. The predicted octanol–water partition coefficient (Wildman–Crippen LogP) is 1.48. The van der Waals surface area contributed by atoms with Gasteiger partial charge in [-0.2, -0.15) is 5.10 Å². The SMILES string of the molecule is CC(C)(C)OC(=O)N1Cc2cn[nH]c2C12CC(N)C2. The van der Waals surface area contributed by atoms with Gasteiger partial charge in [-0.3, -0.25) is 10.00 Å². The van der Waals surface area contributed by atoms with Crippen molar-refractivity contribution in [1.82, 2.24) is 15.1 Å². The van der Waals surface area contributed by atoms with Crippen molar-refractivity contribution in [3.63, 3.8) is 0 Å². The van der Waals surface area contributed by atoms with Gasteiger partial charge in [0.15, 0.2) is 0 Å². The molecule has 0 aromatic carbocycles. The van der Waals surface area contributed by atoms with Crippen LogP contribution in [0.15, 0.2) is 6.20 Å². The van der Waals surface area contributed by atoms with E-state index in [1.54, 1.807) is 11.1 Å². The number of fused-ring (bicyclic) bond motifs is 2. The van der Waals surface area contributed by atoms with E-state index in [9.17, 15) is 4.79 Å². The first-order valence-electron chi connectivity index (χ1n) is 6.61. The van der Waals surface area contributed by atoms with E-state index >= 15 is 0 Å². The molecule has 19 heavy (non-hydrogen) atoms. The average Bonchev–Trinajstić information content (AvgIpc) is 2.75. The molecule has 6 nitrogen and oxygen atoms in total. The molecule has 0 atom stereocenters. The van der Waals surface area contributed by atoms with Crippen LogP contribution in [0.4, 0.5) is 4.79 Å². The number of H-pyrrole nitrogens is 1. The number of rotatable bonds is 0. The van der Waals surface area contributed by atoms with E-state index in [2.05, 4.69) is 10.2 Å². The third-order valence-corrected chi connectivity index (χ3v) is 3.84. The Morgan fingerprint density at radius 1 is 1.58 bits per heavy atom. The summed E-state index contributed by atoms with van der Waals surface area (Å²) < 4.78 is 5.50. The minimum Gasteiger partial charge on any atom is -0.444 e. The highest BCUT2D eigenvalue weighted by Gasteiger charge is 2.57. The Morgan fingerprint density at radius 2 is 2.26 bits per heavy atom. The molecule has 1 aromatic heterocycles. The van der Waals surface area contributed by atoms with Crippen LogP contribution in [0.5, 0.6) is 0 Å². The summed E-state index contributed by atoms with van der Waals surface area (Å²) in [7, 11) is 0. The lowest BCUT2D eigenvalue weighted by Gasteiger charge is -2.48. The van der Waals surface area contributed by atoms with E-state index in [-0.39, 0.29) is 17.7 Å². The molecule has 1 amide bonds. The Balaban J connectivity index is 1.87. The van der Waals surface area contributed by atoms with Gasteiger partial charge < -0.3 is 10.5 Å². The fourth-order valence-electron chi connectivity index (χ4n) is 3.08. The number of hydrogen-bond acceptors (Lipinski definition) is 4. The van der Waals surface area contributed by atoms with Crippen LogP contribution in [0.3, 0.4) is 0 Å². The van der Waals surface area contributed by atoms with Gasteiger partial charge in [0.25, 0.3) is 0 Å². The zero-order valence-corrected chi connectivity index (χ0v) is 11.6. The molecule has 104 valence electrons.